The molecule has 4 aromatic rings. The van der Waals surface area contributed by atoms with E-state index in [-0.39, 0.29) is 12.0 Å². The van der Waals surface area contributed by atoms with Crippen LogP contribution in [0, 0.1) is 11.3 Å². The van der Waals surface area contributed by atoms with Crippen LogP contribution in [0.3, 0.4) is 0 Å². The molecule has 0 bridgehead atoms. The lowest BCUT2D eigenvalue weighted by molar-refractivity contribution is 0.0952. The van der Waals surface area contributed by atoms with E-state index in [1.807, 2.05) is 74.6 Å². The molecule has 1 fully saturated rings. The summed E-state index contributed by atoms with van der Waals surface area (Å²) in [5, 5.41) is 13.8. The monoisotopic (exact) mass is 613 g/mol. The summed E-state index contributed by atoms with van der Waals surface area (Å²) in [5.74, 6) is 1.49. The SMILES string of the molecule is CC(C)Oc1cccc2c(C(=O)NCc3cccc(C#N)c3)cn(CCCN3CCN(CCOc4ccc(Cl)cc4)CC3)c12. The second kappa shape index (κ2) is 15.1. The number of ether oxygens (including phenoxy) is 2. The fourth-order valence-electron chi connectivity index (χ4n) is 5.59. The van der Waals surface area contributed by atoms with Crippen LogP contribution in [0.25, 0.3) is 10.9 Å². The zero-order chi connectivity index (χ0) is 30.9. The second-order valence-corrected chi connectivity index (χ2v) is 11.8. The van der Waals surface area contributed by atoms with Crippen LogP contribution in [-0.2, 0) is 13.1 Å². The molecule has 230 valence electrons. The zero-order valence-corrected chi connectivity index (χ0v) is 26.2. The minimum absolute atomic E-state index is 0.0153. The number of amides is 1. The van der Waals surface area contributed by atoms with Gasteiger partial charge in [-0.1, -0.05) is 35.9 Å². The molecule has 1 aliphatic heterocycles. The number of nitriles is 1. The van der Waals surface area contributed by atoms with Gasteiger partial charge in [0, 0.05) is 62.4 Å². The Labute approximate surface area is 264 Å². The number of carbonyl (C=O) groups excluding carboxylic acids is 1. The minimum Gasteiger partial charge on any atom is -0.492 e. The molecule has 5 rings (SSSR count). The van der Waals surface area contributed by atoms with Crippen molar-refractivity contribution in [3.63, 3.8) is 0 Å². The molecule has 1 aliphatic rings. The number of nitrogens with one attached hydrogen (secondary N) is 1. The number of nitrogens with zero attached hydrogens (tertiary/aromatic N) is 4. The third-order valence-corrected chi connectivity index (χ3v) is 8.06. The Balaban J connectivity index is 1.17. The summed E-state index contributed by atoms with van der Waals surface area (Å²) >= 11 is 5.96. The van der Waals surface area contributed by atoms with E-state index < -0.39 is 0 Å². The standard InChI is InChI=1S/C35H40ClN5O3/c1-26(2)44-33-9-4-8-31-32(35(42)38-24-28-7-3-6-27(22-28)23-37)25-41(34(31)33)15-5-14-39-16-18-40(19-17-39)20-21-43-30-12-10-29(36)11-13-30/h3-4,6-13,22,25-26H,5,14-21,24H2,1-2H3,(H,38,42). The quantitative estimate of drug-likeness (QED) is 0.200. The van der Waals surface area contributed by atoms with E-state index in [9.17, 15) is 10.1 Å². The molecule has 0 spiro atoms. The average molecular weight is 614 g/mol. The number of benzene rings is 3. The molecule has 0 atom stereocenters. The molecular formula is C35H40ClN5O3. The number of rotatable bonds is 13. The van der Waals surface area contributed by atoms with Crippen molar-refractivity contribution < 1.29 is 14.3 Å². The molecule has 1 N–H and O–H groups in total. The second-order valence-electron chi connectivity index (χ2n) is 11.4. The highest BCUT2D eigenvalue weighted by atomic mass is 35.5. The topological polar surface area (TPSA) is 82.8 Å². The van der Waals surface area contributed by atoms with Gasteiger partial charge in [0.15, 0.2) is 0 Å². The smallest absolute Gasteiger partial charge is 0.253 e. The van der Waals surface area contributed by atoms with Crippen molar-refractivity contribution in [2.24, 2.45) is 0 Å². The summed E-state index contributed by atoms with van der Waals surface area (Å²) in [6.07, 6.45) is 2.93. The summed E-state index contributed by atoms with van der Waals surface area (Å²) in [6.45, 7) is 11.8. The lowest BCUT2D eigenvalue weighted by Crippen LogP contribution is -2.47. The summed E-state index contributed by atoms with van der Waals surface area (Å²) < 4.78 is 14.2. The molecule has 9 heteroatoms. The average Bonchev–Trinajstić information content (AvgIpc) is 3.41. The van der Waals surface area contributed by atoms with E-state index in [1.165, 1.54) is 0 Å². The van der Waals surface area contributed by atoms with Gasteiger partial charge in [0.2, 0.25) is 0 Å². The molecule has 3 aromatic carbocycles. The van der Waals surface area contributed by atoms with Gasteiger partial charge in [0.05, 0.1) is 28.8 Å². The number of aromatic nitrogens is 1. The van der Waals surface area contributed by atoms with E-state index in [0.29, 0.717) is 29.3 Å². The molecule has 1 aromatic heterocycles. The van der Waals surface area contributed by atoms with Crippen LogP contribution in [0.1, 0.15) is 41.8 Å². The van der Waals surface area contributed by atoms with E-state index in [4.69, 9.17) is 21.1 Å². The zero-order valence-electron chi connectivity index (χ0n) is 25.5. The molecule has 2 heterocycles. The third kappa shape index (κ3) is 8.32. The predicted molar refractivity (Wildman–Crippen MR) is 174 cm³/mol. The summed E-state index contributed by atoms with van der Waals surface area (Å²) in [5.41, 5.74) is 3.04. The van der Waals surface area contributed by atoms with E-state index in [1.54, 1.807) is 12.1 Å². The van der Waals surface area contributed by atoms with Gasteiger partial charge in [-0.3, -0.25) is 9.69 Å². The maximum Gasteiger partial charge on any atom is 0.253 e. The first-order valence-corrected chi connectivity index (χ1v) is 15.7. The van der Waals surface area contributed by atoms with Crippen LogP contribution in [0.5, 0.6) is 11.5 Å². The first kappa shape index (κ1) is 31.4. The number of carbonyl (C=O) groups is 1. The first-order valence-electron chi connectivity index (χ1n) is 15.3. The minimum atomic E-state index is -0.144. The van der Waals surface area contributed by atoms with E-state index >= 15 is 0 Å². The fourth-order valence-corrected chi connectivity index (χ4v) is 5.71. The van der Waals surface area contributed by atoms with Gasteiger partial charge in [-0.25, -0.2) is 0 Å². The molecule has 44 heavy (non-hydrogen) atoms. The highest BCUT2D eigenvalue weighted by Crippen LogP contribution is 2.31. The Bertz CT molecular complexity index is 1590. The largest absolute Gasteiger partial charge is 0.492 e. The van der Waals surface area contributed by atoms with Gasteiger partial charge in [0.25, 0.3) is 5.91 Å². The Morgan fingerprint density at radius 2 is 1.70 bits per heavy atom. The van der Waals surface area contributed by atoms with Crippen molar-refractivity contribution in [2.45, 2.75) is 39.5 Å². The molecule has 0 radical (unpaired) electrons. The van der Waals surface area contributed by atoms with Crippen molar-refractivity contribution in [1.29, 1.82) is 5.26 Å². The van der Waals surface area contributed by atoms with Gasteiger partial charge < -0.3 is 24.3 Å². The van der Waals surface area contributed by atoms with Crippen LogP contribution in [0.15, 0.2) is 72.9 Å². The van der Waals surface area contributed by atoms with E-state index in [2.05, 4.69) is 25.8 Å². The summed E-state index contributed by atoms with van der Waals surface area (Å²) in [4.78, 5) is 18.4. The van der Waals surface area contributed by atoms with Crippen molar-refractivity contribution in [3.05, 3.63) is 94.6 Å². The first-order chi connectivity index (χ1) is 21.4. The number of para-hydroxylation sites is 1. The van der Waals surface area contributed by atoms with Crippen molar-refractivity contribution in [2.75, 3.05) is 45.9 Å². The summed E-state index contributed by atoms with van der Waals surface area (Å²) in [7, 11) is 0. The molecule has 0 aliphatic carbocycles. The van der Waals surface area contributed by atoms with Crippen LogP contribution in [0.4, 0.5) is 0 Å². The molecule has 1 amide bonds. The Morgan fingerprint density at radius 3 is 2.43 bits per heavy atom. The number of aryl methyl sites for hydroxylation is 1. The van der Waals surface area contributed by atoms with E-state index in [0.717, 1.165) is 80.2 Å². The number of fused-ring (bicyclic) bond motifs is 1. The Morgan fingerprint density at radius 1 is 0.977 bits per heavy atom. The van der Waals surface area contributed by atoms with Crippen LogP contribution in [0.2, 0.25) is 5.02 Å². The van der Waals surface area contributed by atoms with Crippen LogP contribution in [-0.4, -0.2) is 72.3 Å². The van der Waals surface area contributed by atoms with Gasteiger partial charge in [-0.2, -0.15) is 5.26 Å². The maximum absolute atomic E-state index is 13.4. The molecule has 0 saturated carbocycles. The number of piperazine rings is 1. The molecule has 0 unspecified atom stereocenters. The third-order valence-electron chi connectivity index (χ3n) is 7.81. The van der Waals surface area contributed by atoms with Gasteiger partial charge in [-0.15, -0.1) is 0 Å². The number of hydrogen-bond acceptors (Lipinski definition) is 6. The number of hydrogen-bond donors (Lipinski definition) is 1. The van der Waals surface area contributed by atoms with Gasteiger partial charge in [-0.05, 0) is 74.8 Å². The van der Waals surface area contributed by atoms with Crippen LogP contribution >= 0.6 is 11.6 Å². The fraction of sp³-hybridized carbons (Fsp3) is 0.371. The Hall–Kier alpha value is -4.03. The maximum atomic E-state index is 13.4. The Kier molecular flexibility index (Phi) is 10.8. The predicted octanol–water partition coefficient (Wildman–Crippen LogP) is 5.97. The molecule has 1 saturated heterocycles. The van der Waals surface area contributed by atoms with Crippen LogP contribution < -0.4 is 14.8 Å². The van der Waals surface area contributed by atoms with Crippen molar-refractivity contribution >= 4 is 28.4 Å². The number of halogens is 1. The van der Waals surface area contributed by atoms with Crippen molar-refractivity contribution in [3.8, 4) is 17.6 Å². The lowest BCUT2D eigenvalue weighted by Gasteiger charge is -2.34. The molecular weight excluding hydrogens is 574 g/mol. The van der Waals surface area contributed by atoms with Crippen molar-refractivity contribution in [1.82, 2.24) is 19.7 Å². The molecule has 8 nitrogen and oxygen atoms in total. The highest BCUT2D eigenvalue weighted by Gasteiger charge is 2.20. The summed E-state index contributed by atoms with van der Waals surface area (Å²) in [6, 6.07) is 22.9. The highest BCUT2D eigenvalue weighted by molar-refractivity contribution is 6.30. The van der Waals surface area contributed by atoms with Gasteiger partial charge >= 0.3 is 0 Å². The normalized spacial score (nSPS) is 14.1. The lowest BCUT2D eigenvalue weighted by atomic mass is 10.1. The van der Waals surface area contributed by atoms with Gasteiger partial charge in [0.1, 0.15) is 18.1 Å².